The van der Waals surface area contributed by atoms with Gasteiger partial charge in [0.15, 0.2) is 0 Å². The molecule has 2 aromatic rings. The zero-order valence-electron chi connectivity index (χ0n) is 10.4. The molecule has 1 aromatic carbocycles. The van der Waals surface area contributed by atoms with Crippen molar-refractivity contribution >= 4 is 5.82 Å². The first-order valence-corrected chi connectivity index (χ1v) is 5.56. The second-order valence-electron chi connectivity index (χ2n) is 4.00. The molecular weight excluding hydrogens is 214 g/mol. The summed E-state index contributed by atoms with van der Waals surface area (Å²) in [7, 11) is 3.61. The van der Waals surface area contributed by atoms with Crippen LogP contribution in [-0.2, 0) is 13.6 Å². The zero-order valence-corrected chi connectivity index (χ0v) is 10.4. The van der Waals surface area contributed by atoms with Crippen LogP contribution >= 0.6 is 0 Å². The van der Waals surface area contributed by atoms with Crippen LogP contribution in [0.25, 0.3) is 0 Å². The Morgan fingerprint density at radius 3 is 2.82 bits per heavy atom. The molecule has 4 nitrogen and oxygen atoms in total. The van der Waals surface area contributed by atoms with Gasteiger partial charge in [-0.25, -0.2) is 0 Å². The Balaban J connectivity index is 2.04. The first-order chi connectivity index (χ1) is 8.19. The Kier molecular flexibility index (Phi) is 3.32. The van der Waals surface area contributed by atoms with Gasteiger partial charge in [0.2, 0.25) is 0 Å². The first kappa shape index (κ1) is 11.5. The molecular formula is C13H17N3O. The van der Waals surface area contributed by atoms with Gasteiger partial charge >= 0.3 is 0 Å². The molecule has 0 aliphatic carbocycles. The molecule has 90 valence electrons. The molecule has 0 saturated carbocycles. The van der Waals surface area contributed by atoms with Crippen LogP contribution < -0.4 is 10.1 Å². The second-order valence-corrected chi connectivity index (χ2v) is 4.00. The largest absolute Gasteiger partial charge is 0.497 e. The van der Waals surface area contributed by atoms with Gasteiger partial charge in [0.25, 0.3) is 0 Å². The Morgan fingerprint density at radius 2 is 2.18 bits per heavy atom. The number of nitrogens with zero attached hydrogens (tertiary/aromatic N) is 2. The van der Waals surface area contributed by atoms with Crippen LogP contribution in [0, 0.1) is 6.92 Å². The second kappa shape index (κ2) is 4.91. The predicted molar refractivity (Wildman–Crippen MR) is 68.3 cm³/mol. The Hall–Kier alpha value is -1.97. The summed E-state index contributed by atoms with van der Waals surface area (Å²) in [6.45, 7) is 2.74. The van der Waals surface area contributed by atoms with E-state index >= 15 is 0 Å². The third kappa shape index (κ3) is 2.78. The first-order valence-electron chi connectivity index (χ1n) is 5.56. The molecule has 0 saturated heterocycles. The van der Waals surface area contributed by atoms with Gasteiger partial charge in [-0.05, 0) is 24.6 Å². The van der Waals surface area contributed by atoms with Gasteiger partial charge in [-0.1, -0.05) is 12.1 Å². The number of rotatable bonds is 4. The van der Waals surface area contributed by atoms with E-state index in [2.05, 4.69) is 16.5 Å². The summed E-state index contributed by atoms with van der Waals surface area (Å²) in [5.74, 6) is 1.90. The quantitative estimate of drug-likeness (QED) is 0.878. The highest BCUT2D eigenvalue weighted by molar-refractivity contribution is 5.38. The van der Waals surface area contributed by atoms with Crippen molar-refractivity contribution in [1.29, 1.82) is 0 Å². The van der Waals surface area contributed by atoms with Crippen molar-refractivity contribution < 1.29 is 4.74 Å². The van der Waals surface area contributed by atoms with Gasteiger partial charge in [-0.15, -0.1) is 0 Å². The highest BCUT2D eigenvalue weighted by atomic mass is 16.5. The lowest BCUT2D eigenvalue weighted by Crippen LogP contribution is -2.04. The maximum atomic E-state index is 5.19. The summed E-state index contributed by atoms with van der Waals surface area (Å²) in [5.41, 5.74) is 2.20. The van der Waals surface area contributed by atoms with Crippen LogP contribution in [0.3, 0.4) is 0 Å². The van der Waals surface area contributed by atoms with E-state index in [-0.39, 0.29) is 0 Å². The smallest absolute Gasteiger partial charge is 0.124 e. The number of aromatic nitrogens is 2. The number of benzene rings is 1. The van der Waals surface area contributed by atoms with Crippen molar-refractivity contribution in [3.05, 3.63) is 41.6 Å². The summed E-state index contributed by atoms with van der Waals surface area (Å²) >= 11 is 0. The summed E-state index contributed by atoms with van der Waals surface area (Å²) in [4.78, 5) is 0. The molecule has 0 aliphatic heterocycles. The van der Waals surface area contributed by atoms with Crippen molar-refractivity contribution in [2.45, 2.75) is 13.5 Å². The summed E-state index contributed by atoms with van der Waals surface area (Å²) in [6.07, 6.45) is 0. The van der Waals surface area contributed by atoms with Gasteiger partial charge in [0.05, 0.1) is 12.8 Å². The molecule has 0 radical (unpaired) electrons. The Morgan fingerprint density at radius 1 is 1.35 bits per heavy atom. The number of aryl methyl sites for hydroxylation is 2. The molecule has 0 spiro atoms. The molecule has 0 aliphatic rings. The minimum atomic E-state index is 0.760. The molecule has 4 heteroatoms. The zero-order chi connectivity index (χ0) is 12.3. The minimum Gasteiger partial charge on any atom is -0.497 e. The number of ether oxygens (including phenoxy) is 1. The number of methoxy groups -OCH3 is 1. The van der Waals surface area contributed by atoms with E-state index in [9.17, 15) is 0 Å². The topological polar surface area (TPSA) is 39.1 Å². The van der Waals surface area contributed by atoms with E-state index in [4.69, 9.17) is 4.74 Å². The van der Waals surface area contributed by atoms with Gasteiger partial charge < -0.3 is 10.1 Å². The van der Waals surface area contributed by atoms with Crippen LogP contribution in [0.1, 0.15) is 11.3 Å². The molecule has 17 heavy (non-hydrogen) atoms. The Labute approximate surface area is 101 Å². The molecule has 0 unspecified atom stereocenters. The monoisotopic (exact) mass is 231 g/mol. The summed E-state index contributed by atoms with van der Waals surface area (Å²) in [6, 6.07) is 10.1. The average molecular weight is 231 g/mol. The normalized spacial score (nSPS) is 10.3. The van der Waals surface area contributed by atoms with E-state index < -0.39 is 0 Å². The van der Waals surface area contributed by atoms with Crippen LogP contribution in [-0.4, -0.2) is 16.9 Å². The highest BCUT2D eigenvalue weighted by Gasteiger charge is 2.01. The number of anilines is 1. The van der Waals surface area contributed by atoms with E-state index in [1.807, 2.05) is 42.9 Å². The van der Waals surface area contributed by atoms with Crippen molar-refractivity contribution in [2.75, 3.05) is 12.4 Å². The molecule has 0 amide bonds. The maximum absolute atomic E-state index is 5.19. The van der Waals surface area contributed by atoms with Crippen molar-refractivity contribution in [2.24, 2.45) is 7.05 Å². The number of hydrogen-bond donors (Lipinski definition) is 1. The fraction of sp³-hybridized carbons (Fsp3) is 0.308. The molecule has 2 rings (SSSR count). The van der Waals surface area contributed by atoms with E-state index in [0.717, 1.165) is 23.8 Å². The standard InChI is InChI=1S/C13H17N3O/c1-10-7-13(16(2)15-10)14-9-11-5-4-6-12(8-11)17-3/h4-8,14H,9H2,1-3H3. The van der Waals surface area contributed by atoms with E-state index in [0.29, 0.717) is 0 Å². The molecule has 1 aromatic heterocycles. The molecule has 0 bridgehead atoms. The van der Waals surface area contributed by atoms with Crippen molar-refractivity contribution in [3.63, 3.8) is 0 Å². The van der Waals surface area contributed by atoms with Crippen molar-refractivity contribution in [3.8, 4) is 5.75 Å². The lowest BCUT2D eigenvalue weighted by molar-refractivity contribution is 0.414. The third-order valence-electron chi connectivity index (χ3n) is 2.61. The number of nitrogens with one attached hydrogen (secondary N) is 1. The summed E-state index contributed by atoms with van der Waals surface area (Å²) < 4.78 is 7.03. The molecule has 1 N–H and O–H groups in total. The predicted octanol–water partition coefficient (Wildman–Crippen LogP) is 2.35. The SMILES string of the molecule is COc1cccc(CNc2cc(C)nn2C)c1. The van der Waals surface area contributed by atoms with Gasteiger partial charge in [-0.3, -0.25) is 4.68 Å². The van der Waals surface area contributed by atoms with E-state index in [1.165, 1.54) is 5.56 Å². The average Bonchev–Trinajstić information content (AvgIpc) is 2.65. The minimum absolute atomic E-state index is 0.760. The highest BCUT2D eigenvalue weighted by Crippen LogP contribution is 2.14. The molecule has 0 fully saturated rings. The maximum Gasteiger partial charge on any atom is 0.124 e. The van der Waals surface area contributed by atoms with Crippen molar-refractivity contribution in [1.82, 2.24) is 9.78 Å². The van der Waals surface area contributed by atoms with Crippen LogP contribution in [0.4, 0.5) is 5.82 Å². The fourth-order valence-corrected chi connectivity index (χ4v) is 1.75. The lowest BCUT2D eigenvalue weighted by atomic mass is 10.2. The van der Waals surface area contributed by atoms with Crippen LogP contribution in [0.5, 0.6) is 5.75 Å². The van der Waals surface area contributed by atoms with Crippen LogP contribution in [0.15, 0.2) is 30.3 Å². The number of hydrogen-bond acceptors (Lipinski definition) is 3. The third-order valence-corrected chi connectivity index (χ3v) is 2.61. The van der Waals surface area contributed by atoms with Crippen LogP contribution in [0.2, 0.25) is 0 Å². The van der Waals surface area contributed by atoms with Gasteiger partial charge in [0, 0.05) is 19.7 Å². The summed E-state index contributed by atoms with van der Waals surface area (Å²) in [5, 5.41) is 7.63. The Bertz CT molecular complexity index is 505. The van der Waals surface area contributed by atoms with Gasteiger partial charge in [0.1, 0.15) is 11.6 Å². The lowest BCUT2D eigenvalue weighted by Gasteiger charge is -2.07. The van der Waals surface area contributed by atoms with Gasteiger partial charge in [-0.2, -0.15) is 5.10 Å². The molecule has 0 atom stereocenters. The fourth-order valence-electron chi connectivity index (χ4n) is 1.75. The molecule has 1 heterocycles. The van der Waals surface area contributed by atoms with E-state index in [1.54, 1.807) is 7.11 Å².